The van der Waals surface area contributed by atoms with Crippen molar-refractivity contribution in [2.45, 2.75) is 6.42 Å². The van der Waals surface area contributed by atoms with Crippen LogP contribution < -0.4 is 4.74 Å². The van der Waals surface area contributed by atoms with Crippen molar-refractivity contribution in [1.82, 2.24) is 9.80 Å². The molecule has 0 atom stereocenters. The minimum Gasteiger partial charge on any atom is -0.484 e. The third-order valence-electron chi connectivity index (χ3n) is 4.53. The van der Waals surface area contributed by atoms with Gasteiger partial charge in [-0.05, 0) is 48.4 Å². The number of piperazine rings is 1. The standard InChI is InChI=1S/C20H22Cl2N2O2/c21-17-3-1-16(2-4-17)9-10-23-11-13-24(14-12-23)20(25)15-26-19-7-5-18(22)6-8-19/h1-8H,9-15H2. The van der Waals surface area contributed by atoms with Crippen LogP contribution in [0.15, 0.2) is 48.5 Å². The lowest BCUT2D eigenvalue weighted by Crippen LogP contribution is -2.50. The van der Waals surface area contributed by atoms with E-state index in [0.717, 1.165) is 44.2 Å². The summed E-state index contributed by atoms with van der Waals surface area (Å²) >= 11 is 11.8. The summed E-state index contributed by atoms with van der Waals surface area (Å²) in [5, 5.41) is 1.42. The van der Waals surface area contributed by atoms with Gasteiger partial charge in [0.25, 0.3) is 5.91 Å². The molecule has 138 valence electrons. The van der Waals surface area contributed by atoms with Crippen molar-refractivity contribution in [3.63, 3.8) is 0 Å². The molecular formula is C20H22Cl2N2O2. The van der Waals surface area contributed by atoms with E-state index in [1.165, 1.54) is 5.56 Å². The molecule has 0 saturated carbocycles. The fraction of sp³-hybridized carbons (Fsp3) is 0.350. The molecule has 1 amide bonds. The van der Waals surface area contributed by atoms with Gasteiger partial charge in [-0.25, -0.2) is 0 Å². The molecule has 0 unspecified atom stereocenters. The van der Waals surface area contributed by atoms with Gasteiger partial charge in [0.2, 0.25) is 0 Å². The van der Waals surface area contributed by atoms with E-state index >= 15 is 0 Å². The average molecular weight is 393 g/mol. The molecule has 0 radical (unpaired) electrons. The summed E-state index contributed by atoms with van der Waals surface area (Å²) < 4.78 is 5.54. The van der Waals surface area contributed by atoms with E-state index in [9.17, 15) is 4.79 Å². The van der Waals surface area contributed by atoms with Gasteiger partial charge in [-0.15, -0.1) is 0 Å². The highest BCUT2D eigenvalue weighted by Crippen LogP contribution is 2.16. The van der Waals surface area contributed by atoms with Crippen molar-refractivity contribution in [3.05, 3.63) is 64.1 Å². The molecule has 0 spiro atoms. The molecule has 3 rings (SSSR count). The van der Waals surface area contributed by atoms with Crippen LogP contribution in [0.3, 0.4) is 0 Å². The molecule has 6 heteroatoms. The van der Waals surface area contributed by atoms with E-state index in [1.54, 1.807) is 24.3 Å². The van der Waals surface area contributed by atoms with Gasteiger partial charge in [0.05, 0.1) is 0 Å². The average Bonchev–Trinajstić information content (AvgIpc) is 2.67. The smallest absolute Gasteiger partial charge is 0.260 e. The zero-order valence-corrected chi connectivity index (χ0v) is 16.0. The number of benzene rings is 2. The van der Waals surface area contributed by atoms with Gasteiger partial charge >= 0.3 is 0 Å². The Kier molecular flexibility index (Phi) is 6.78. The van der Waals surface area contributed by atoms with Crippen LogP contribution in [0.2, 0.25) is 10.0 Å². The van der Waals surface area contributed by atoms with E-state index in [1.807, 2.05) is 17.0 Å². The largest absolute Gasteiger partial charge is 0.484 e. The molecule has 1 aliphatic rings. The Labute approximate surface area is 164 Å². The van der Waals surface area contributed by atoms with Crippen LogP contribution in [-0.2, 0) is 11.2 Å². The molecule has 1 saturated heterocycles. The number of hydrogen-bond acceptors (Lipinski definition) is 3. The Morgan fingerprint density at radius 1 is 0.885 bits per heavy atom. The maximum Gasteiger partial charge on any atom is 0.260 e. The van der Waals surface area contributed by atoms with Gasteiger partial charge in [-0.2, -0.15) is 0 Å². The van der Waals surface area contributed by atoms with Crippen molar-refractivity contribution in [3.8, 4) is 5.75 Å². The van der Waals surface area contributed by atoms with E-state index in [-0.39, 0.29) is 12.5 Å². The Balaban J connectivity index is 1.38. The van der Waals surface area contributed by atoms with Crippen molar-refractivity contribution in [2.75, 3.05) is 39.3 Å². The van der Waals surface area contributed by atoms with Crippen LogP contribution >= 0.6 is 23.2 Å². The second kappa shape index (κ2) is 9.26. The summed E-state index contributed by atoms with van der Waals surface area (Å²) in [7, 11) is 0. The fourth-order valence-electron chi connectivity index (χ4n) is 2.93. The zero-order chi connectivity index (χ0) is 18.4. The van der Waals surface area contributed by atoms with Crippen molar-refractivity contribution in [2.24, 2.45) is 0 Å². The highest BCUT2D eigenvalue weighted by Gasteiger charge is 2.21. The molecule has 0 N–H and O–H groups in total. The lowest BCUT2D eigenvalue weighted by Gasteiger charge is -2.34. The SMILES string of the molecule is O=C(COc1ccc(Cl)cc1)N1CCN(CCc2ccc(Cl)cc2)CC1. The number of rotatable bonds is 6. The summed E-state index contributed by atoms with van der Waals surface area (Å²) in [5.74, 6) is 0.682. The van der Waals surface area contributed by atoms with Crippen LogP contribution in [0.4, 0.5) is 0 Å². The monoisotopic (exact) mass is 392 g/mol. The van der Waals surface area contributed by atoms with Crippen LogP contribution in [0, 0.1) is 0 Å². The predicted molar refractivity (Wildman–Crippen MR) is 105 cm³/mol. The number of amides is 1. The Hall–Kier alpha value is -1.75. The summed E-state index contributed by atoms with van der Waals surface area (Å²) in [6.45, 7) is 4.31. The molecule has 1 heterocycles. The minimum absolute atomic E-state index is 0.0253. The Morgan fingerprint density at radius 3 is 2.08 bits per heavy atom. The summed E-state index contributed by atoms with van der Waals surface area (Å²) in [5.41, 5.74) is 1.28. The third kappa shape index (κ3) is 5.63. The number of hydrogen-bond donors (Lipinski definition) is 0. The van der Waals surface area contributed by atoms with Crippen LogP contribution in [0.5, 0.6) is 5.75 Å². The molecular weight excluding hydrogens is 371 g/mol. The molecule has 4 nitrogen and oxygen atoms in total. The van der Waals surface area contributed by atoms with Crippen LogP contribution in [-0.4, -0.2) is 55.0 Å². The number of ether oxygens (including phenoxy) is 1. The molecule has 2 aromatic carbocycles. The quantitative estimate of drug-likeness (QED) is 0.749. The minimum atomic E-state index is 0.0253. The normalized spacial score (nSPS) is 15.1. The highest BCUT2D eigenvalue weighted by atomic mass is 35.5. The first kappa shape index (κ1) is 19.0. The zero-order valence-electron chi connectivity index (χ0n) is 14.5. The number of carbonyl (C=O) groups excluding carboxylic acids is 1. The summed E-state index contributed by atoms with van der Waals surface area (Å²) in [6, 6.07) is 15.0. The molecule has 1 fully saturated rings. The first-order valence-corrected chi connectivity index (χ1v) is 9.49. The molecule has 0 aliphatic carbocycles. The van der Waals surface area contributed by atoms with E-state index < -0.39 is 0 Å². The second-order valence-electron chi connectivity index (χ2n) is 6.34. The molecule has 26 heavy (non-hydrogen) atoms. The molecule has 1 aliphatic heterocycles. The third-order valence-corrected chi connectivity index (χ3v) is 5.03. The van der Waals surface area contributed by atoms with Gasteiger partial charge in [-0.1, -0.05) is 35.3 Å². The molecule has 0 aromatic heterocycles. The number of halogens is 2. The van der Waals surface area contributed by atoms with Crippen molar-refractivity contribution >= 4 is 29.1 Å². The first-order chi connectivity index (χ1) is 12.6. The van der Waals surface area contributed by atoms with Gasteiger partial charge in [-0.3, -0.25) is 9.69 Å². The summed E-state index contributed by atoms with van der Waals surface area (Å²) in [4.78, 5) is 16.6. The van der Waals surface area contributed by atoms with E-state index in [4.69, 9.17) is 27.9 Å². The topological polar surface area (TPSA) is 32.8 Å². The first-order valence-electron chi connectivity index (χ1n) is 8.73. The maximum atomic E-state index is 12.3. The molecule has 0 bridgehead atoms. The highest BCUT2D eigenvalue weighted by molar-refractivity contribution is 6.30. The van der Waals surface area contributed by atoms with Crippen molar-refractivity contribution < 1.29 is 9.53 Å². The van der Waals surface area contributed by atoms with Gasteiger partial charge in [0, 0.05) is 42.8 Å². The fourth-order valence-corrected chi connectivity index (χ4v) is 3.18. The predicted octanol–water partition coefficient (Wildman–Crippen LogP) is 3.76. The maximum absolute atomic E-state index is 12.3. The van der Waals surface area contributed by atoms with Crippen molar-refractivity contribution in [1.29, 1.82) is 0 Å². The van der Waals surface area contributed by atoms with Gasteiger partial charge in [0.15, 0.2) is 6.61 Å². The van der Waals surface area contributed by atoms with Gasteiger partial charge < -0.3 is 9.64 Å². The lowest BCUT2D eigenvalue weighted by molar-refractivity contribution is -0.135. The lowest BCUT2D eigenvalue weighted by atomic mass is 10.1. The Bertz CT molecular complexity index is 712. The van der Waals surface area contributed by atoms with E-state index in [2.05, 4.69) is 17.0 Å². The molecule has 2 aromatic rings. The van der Waals surface area contributed by atoms with Crippen LogP contribution in [0.1, 0.15) is 5.56 Å². The number of carbonyl (C=O) groups is 1. The Morgan fingerprint density at radius 2 is 1.46 bits per heavy atom. The van der Waals surface area contributed by atoms with E-state index in [0.29, 0.717) is 10.8 Å². The van der Waals surface area contributed by atoms with Gasteiger partial charge in [0.1, 0.15) is 5.75 Å². The number of nitrogens with zero attached hydrogens (tertiary/aromatic N) is 2. The van der Waals surface area contributed by atoms with Crippen LogP contribution in [0.25, 0.3) is 0 Å². The summed E-state index contributed by atoms with van der Waals surface area (Å²) in [6.07, 6.45) is 0.991. The second-order valence-corrected chi connectivity index (χ2v) is 7.21.